The predicted molar refractivity (Wildman–Crippen MR) is 123 cm³/mol. The first-order valence-corrected chi connectivity index (χ1v) is 10.6. The molecule has 4 rings (SSSR count). The highest BCUT2D eigenvalue weighted by molar-refractivity contribution is 7.98. The first-order valence-electron chi connectivity index (χ1n) is 9.57. The lowest BCUT2D eigenvalue weighted by Crippen LogP contribution is -2.12. The van der Waals surface area contributed by atoms with Crippen molar-refractivity contribution in [2.75, 3.05) is 18.3 Å². The number of amides is 1. The van der Waals surface area contributed by atoms with E-state index in [2.05, 4.69) is 15.5 Å². The van der Waals surface area contributed by atoms with Gasteiger partial charge in [-0.15, -0.1) is 10.2 Å². The molecule has 0 unspecified atom stereocenters. The van der Waals surface area contributed by atoms with Gasteiger partial charge in [-0.05, 0) is 42.0 Å². The van der Waals surface area contributed by atoms with Crippen LogP contribution in [0.2, 0.25) is 0 Å². The van der Waals surface area contributed by atoms with Gasteiger partial charge >= 0.3 is 0 Å². The van der Waals surface area contributed by atoms with Crippen LogP contribution in [-0.2, 0) is 5.75 Å². The summed E-state index contributed by atoms with van der Waals surface area (Å²) in [4.78, 5) is 12.4. The fourth-order valence-electron chi connectivity index (χ4n) is 3.01. The second-order valence-corrected chi connectivity index (χ2v) is 7.62. The molecule has 3 N–H and O–H groups in total. The number of rotatable bonds is 7. The number of aromatic nitrogens is 3. The van der Waals surface area contributed by atoms with Gasteiger partial charge in [-0.3, -0.25) is 4.79 Å². The highest BCUT2D eigenvalue weighted by Gasteiger charge is 2.16. The molecule has 7 nitrogen and oxygen atoms in total. The minimum Gasteiger partial charge on any atom is -0.496 e. The van der Waals surface area contributed by atoms with E-state index in [0.29, 0.717) is 28.0 Å². The minimum atomic E-state index is -0.145. The Bertz CT molecular complexity index is 1180. The van der Waals surface area contributed by atoms with Crippen LogP contribution in [0.15, 0.2) is 84.0 Å². The molecular weight excluding hydrogens is 410 g/mol. The van der Waals surface area contributed by atoms with E-state index in [9.17, 15) is 4.79 Å². The maximum absolute atomic E-state index is 12.4. The highest BCUT2D eigenvalue weighted by atomic mass is 32.2. The van der Waals surface area contributed by atoms with Gasteiger partial charge < -0.3 is 15.9 Å². The largest absolute Gasteiger partial charge is 0.496 e. The molecule has 31 heavy (non-hydrogen) atoms. The molecule has 0 atom stereocenters. The summed E-state index contributed by atoms with van der Waals surface area (Å²) in [7, 11) is 1.61. The lowest BCUT2D eigenvalue weighted by molar-refractivity contribution is 0.102. The lowest BCUT2D eigenvalue weighted by atomic mass is 10.1. The third-order valence-electron chi connectivity index (χ3n) is 4.63. The summed E-state index contributed by atoms with van der Waals surface area (Å²) in [6.45, 7) is 0. The van der Waals surface area contributed by atoms with Gasteiger partial charge in [0.05, 0.1) is 12.7 Å². The molecule has 1 amide bonds. The van der Waals surface area contributed by atoms with Crippen LogP contribution in [-0.4, -0.2) is 27.9 Å². The van der Waals surface area contributed by atoms with Crippen molar-refractivity contribution in [3.8, 4) is 17.1 Å². The zero-order valence-electron chi connectivity index (χ0n) is 16.9. The summed E-state index contributed by atoms with van der Waals surface area (Å²) in [5.41, 5.74) is 3.18. The third-order valence-corrected chi connectivity index (χ3v) is 5.64. The summed E-state index contributed by atoms with van der Waals surface area (Å²) >= 11 is 1.47. The number of nitrogen functional groups attached to an aromatic ring is 1. The zero-order chi connectivity index (χ0) is 21.6. The molecule has 0 spiro atoms. The van der Waals surface area contributed by atoms with Crippen LogP contribution >= 0.6 is 11.8 Å². The van der Waals surface area contributed by atoms with E-state index >= 15 is 0 Å². The van der Waals surface area contributed by atoms with Gasteiger partial charge in [0.15, 0.2) is 5.82 Å². The molecule has 0 radical (unpaired) electrons. The Balaban J connectivity index is 1.41. The van der Waals surface area contributed by atoms with Crippen molar-refractivity contribution in [1.82, 2.24) is 14.9 Å². The minimum absolute atomic E-state index is 0.145. The quantitative estimate of drug-likeness (QED) is 0.336. The van der Waals surface area contributed by atoms with Crippen molar-refractivity contribution >= 4 is 23.4 Å². The normalized spacial score (nSPS) is 10.6. The molecule has 8 heteroatoms. The van der Waals surface area contributed by atoms with Gasteiger partial charge in [0.25, 0.3) is 5.91 Å². The van der Waals surface area contributed by atoms with Crippen LogP contribution in [0.4, 0.5) is 5.69 Å². The van der Waals surface area contributed by atoms with E-state index in [1.165, 1.54) is 16.4 Å². The van der Waals surface area contributed by atoms with Gasteiger partial charge in [-0.2, -0.15) is 0 Å². The van der Waals surface area contributed by atoms with Crippen molar-refractivity contribution in [3.05, 3.63) is 90.0 Å². The fraction of sp³-hybridized carbons (Fsp3) is 0.0870. The number of para-hydroxylation sites is 2. The number of nitrogens with one attached hydrogen (secondary N) is 1. The smallest absolute Gasteiger partial charge is 0.255 e. The number of benzene rings is 3. The maximum atomic E-state index is 12.4. The number of ether oxygens (including phenoxy) is 1. The van der Waals surface area contributed by atoms with E-state index in [-0.39, 0.29) is 5.91 Å². The topological polar surface area (TPSA) is 95.1 Å². The van der Waals surface area contributed by atoms with Crippen LogP contribution in [0.1, 0.15) is 15.9 Å². The Labute approximate surface area is 184 Å². The molecule has 0 saturated heterocycles. The molecule has 0 aliphatic carbocycles. The summed E-state index contributed by atoms with van der Waals surface area (Å²) < 4.78 is 6.85. The average molecular weight is 432 g/mol. The molecular formula is C23H21N5O2S. The number of carbonyl (C=O) groups is 1. The Morgan fingerprint density at radius 3 is 2.45 bits per heavy atom. The molecule has 0 aliphatic heterocycles. The number of thioether (sulfide) groups is 1. The van der Waals surface area contributed by atoms with E-state index in [4.69, 9.17) is 10.6 Å². The number of carbonyl (C=O) groups excluding carboxylic acids is 1. The SMILES string of the molecule is COc1ccccc1-c1nnc(SCc2ccc(C(=O)Nc3ccccc3)cc2)n1N. The predicted octanol–water partition coefficient (Wildman–Crippen LogP) is 4.21. The number of hydrogen-bond donors (Lipinski definition) is 2. The van der Waals surface area contributed by atoms with Gasteiger partial charge in [-0.1, -0.05) is 54.2 Å². The molecule has 0 aliphatic rings. The Morgan fingerprint density at radius 1 is 1.00 bits per heavy atom. The molecule has 0 bridgehead atoms. The fourth-order valence-corrected chi connectivity index (χ4v) is 3.83. The first-order chi connectivity index (χ1) is 15.2. The summed E-state index contributed by atoms with van der Waals surface area (Å²) in [5, 5.41) is 11.9. The molecule has 0 saturated carbocycles. The monoisotopic (exact) mass is 431 g/mol. The maximum Gasteiger partial charge on any atom is 0.255 e. The molecule has 156 valence electrons. The van der Waals surface area contributed by atoms with E-state index in [1.807, 2.05) is 78.9 Å². The van der Waals surface area contributed by atoms with Crippen LogP contribution in [0, 0.1) is 0 Å². The van der Waals surface area contributed by atoms with Crippen LogP contribution in [0.5, 0.6) is 5.75 Å². The zero-order valence-corrected chi connectivity index (χ0v) is 17.7. The van der Waals surface area contributed by atoms with Crippen LogP contribution in [0.3, 0.4) is 0 Å². The molecule has 1 heterocycles. The van der Waals surface area contributed by atoms with Crippen molar-refractivity contribution in [2.45, 2.75) is 10.9 Å². The van der Waals surface area contributed by atoms with Gasteiger partial charge in [-0.25, -0.2) is 4.68 Å². The molecule has 3 aromatic carbocycles. The van der Waals surface area contributed by atoms with E-state index < -0.39 is 0 Å². The first kappa shape index (κ1) is 20.5. The molecule has 4 aromatic rings. The number of hydrogen-bond acceptors (Lipinski definition) is 6. The lowest BCUT2D eigenvalue weighted by Gasteiger charge is -2.08. The summed E-state index contributed by atoms with van der Waals surface area (Å²) in [6, 6.07) is 24.4. The summed E-state index contributed by atoms with van der Waals surface area (Å²) in [6.07, 6.45) is 0. The highest BCUT2D eigenvalue weighted by Crippen LogP contribution is 2.30. The standard InChI is InChI=1S/C23H21N5O2S/c1-30-20-10-6-5-9-19(20)21-26-27-23(28(21)24)31-15-16-11-13-17(14-12-16)22(29)25-18-7-3-2-4-8-18/h2-14H,15,24H2,1H3,(H,25,29). The van der Waals surface area contributed by atoms with Gasteiger partial charge in [0, 0.05) is 17.0 Å². The molecule has 1 aromatic heterocycles. The van der Waals surface area contributed by atoms with Crippen LogP contribution in [0.25, 0.3) is 11.4 Å². The van der Waals surface area contributed by atoms with Crippen molar-refractivity contribution in [2.24, 2.45) is 0 Å². The van der Waals surface area contributed by atoms with Gasteiger partial charge in [0.1, 0.15) is 5.75 Å². The molecule has 0 fully saturated rings. The Morgan fingerprint density at radius 2 is 1.71 bits per heavy atom. The Hall–Kier alpha value is -3.78. The van der Waals surface area contributed by atoms with Crippen molar-refractivity contribution in [3.63, 3.8) is 0 Å². The van der Waals surface area contributed by atoms with Gasteiger partial charge in [0.2, 0.25) is 5.16 Å². The van der Waals surface area contributed by atoms with E-state index in [1.54, 1.807) is 7.11 Å². The Kier molecular flexibility index (Phi) is 6.18. The third kappa shape index (κ3) is 4.70. The number of nitrogens with two attached hydrogens (primary N) is 1. The van der Waals surface area contributed by atoms with Crippen molar-refractivity contribution in [1.29, 1.82) is 0 Å². The number of nitrogens with zero attached hydrogens (tertiary/aromatic N) is 3. The second-order valence-electron chi connectivity index (χ2n) is 6.68. The van der Waals surface area contributed by atoms with Crippen LogP contribution < -0.4 is 15.9 Å². The van der Waals surface area contributed by atoms with E-state index in [0.717, 1.165) is 16.8 Å². The summed E-state index contributed by atoms with van der Waals surface area (Å²) in [5.74, 6) is 7.94. The second kappa shape index (κ2) is 9.36. The average Bonchev–Trinajstić information content (AvgIpc) is 3.18. The number of anilines is 1. The van der Waals surface area contributed by atoms with Crippen molar-refractivity contribution < 1.29 is 9.53 Å². The number of methoxy groups -OCH3 is 1.